The maximum Gasteiger partial charge on any atom is 0.338 e. The van der Waals surface area contributed by atoms with Gasteiger partial charge in [-0.2, -0.15) is 5.10 Å². The zero-order valence-electron chi connectivity index (χ0n) is 15.7. The van der Waals surface area contributed by atoms with E-state index in [4.69, 9.17) is 9.15 Å². The minimum atomic E-state index is -1.31. The summed E-state index contributed by atoms with van der Waals surface area (Å²) in [5, 5.41) is 13.8. The highest BCUT2D eigenvalue weighted by Crippen LogP contribution is 2.22. The summed E-state index contributed by atoms with van der Waals surface area (Å²) in [6.45, 7) is 2.07. The van der Waals surface area contributed by atoms with Crippen LogP contribution in [0.3, 0.4) is 0 Å². The van der Waals surface area contributed by atoms with Gasteiger partial charge in [-0.3, -0.25) is 4.79 Å². The van der Waals surface area contributed by atoms with E-state index in [2.05, 4.69) is 10.5 Å². The van der Waals surface area contributed by atoms with Gasteiger partial charge in [0.05, 0.1) is 18.4 Å². The molecule has 3 rings (SSSR count). The van der Waals surface area contributed by atoms with E-state index in [0.29, 0.717) is 29.3 Å². The molecule has 1 aromatic heterocycles. The Bertz CT molecular complexity index is 994. The molecule has 0 aliphatic heterocycles. The van der Waals surface area contributed by atoms with E-state index in [-0.39, 0.29) is 5.97 Å². The number of rotatable bonds is 7. The van der Waals surface area contributed by atoms with Gasteiger partial charge in [-0.25, -0.2) is 10.2 Å². The van der Waals surface area contributed by atoms with Crippen LogP contribution in [0.1, 0.15) is 34.7 Å². The molecule has 7 heteroatoms. The first-order valence-corrected chi connectivity index (χ1v) is 9.02. The molecule has 0 bridgehead atoms. The number of nitrogens with zero attached hydrogens (tertiary/aromatic N) is 1. The molecule has 0 spiro atoms. The number of ether oxygens (including phenoxy) is 1. The summed E-state index contributed by atoms with van der Waals surface area (Å²) in [6, 6.07) is 18.8. The highest BCUT2D eigenvalue weighted by molar-refractivity contribution is 5.90. The van der Waals surface area contributed by atoms with Crippen LogP contribution in [-0.2, 0) is 9.53 Å². The van der Waals surface area contributed by atoms with Gasteiger partial charge < -0.3 is 14.3 Å². The number of hydrogen-bond acceptors (Lipinski definition) is 6. The number of aliphatic hydroxyl groups excluding tert-OH is 1. The van der Waals surface area contributed by atoms with E-state index in [1.165, 1.54) is 6.21 Å². The van der Waals surface area contributed by atoms with Crippen LogP contribution in [0.15, 0.2) is 76.2 Å². The summed E-state index contributed by atoms with van der Waals surface area (Å²) in [5.41, 5.74) is 4.00. The molecular formula is C22H20N2O5. The average Bonchev–Trinajstić information content (AvgIpc) is 3.23. The second-order valence-electron chi connectivity index (χ2n) is 6.05. The van der Waals surface area contributed by atoms with Crippen LogP contribution >= 0.6 is 0 Å². The fourth-order valence-electron chi connectivity index (χ4n) is 2.57. The Morgan fingerprint density at radius 3 is 2.52 bits per heavy atom. The number of nitrogens with one attached hydrogen (secondary N) is 1. The van der Waals surface area contributed by atoms with Crippen molar-refractivity contribution in [1.29, 1.82) is 0 Å². The molecule has 0 saturated carbocycles. The zero-order chi connectivity index (χ0) is 20.6. The second kappa shape index (κ2) is 9.48. The largest absolute Gasteiger partial charge is 0.462 e. The van der Waals surface area contributed by atoms with Crippen LogP contribution in [0.2, 0.25) is 0 Å². The molecule has 2 N–H and O–H groups in total. The van der Waals surface area contributed by atoms with E-state index in [9.17, 15) is 14.7 Å². The summed E-state index contributed by atoms with van der Waals surface area (Å²) in [4.78, 5) is 23.6. The molecular weight excluding hydrogens is 372 g/mol. The third-order valence-corrected chi connectivity index (χ3v) is 4.04. The molecule has 2 aromatic carbocycles. The van der Waals surface area contributed by atoms with Gasteiger partial charge in [-0.1, -0.05) is 42.5 Å². The first-order valence-electron chi connectivity index (χ1n) is 9.02. The molecule has 0 fully saturated rings. The fourth-order valence-corrected chi connectivity index (χ4v) is 2.57. The third-order valence-electron chi connectivity index (χ3n) is 4.04. The lowest BCUT2D eigenvalue weighted by Gasteiger charge is -2.08. The standard InChI is InChI=1S/C22H20N2O5/c1-2-28-22(27)17-10-8-15(9-11-17)19-13-12-18(29-19)14-23-24-21(26)20(25)16-6-4-3-5-7-16/h3-14,20,25H,2H2,1H3,(H,24,26). The summed E-state index contributed by atoms with van der Waals surface area (Å²) < 4.78 is 10.6. The normalized spacial score (nSPS) is 11.9. The van der Waals surface area contributed by atoms with Gasteiger partial charge in [0.1, 0.15) is 11.5 Å². The van der Waals surface area contributed by atoms with Crippen LogP contribution in [-0.4, -0.2) is 29.8 Å². The maximum absolute atomic E-state index is 12.0. The van der Waals surface area contributed by atoms with Crippen LogP contribution in [0.5, 0.6) is 0 Å². The summed E-state index contributed by atoms with van der Waals surface area (Å²) >= 11 is 0. The lowest BCUT2D eigenvalue weighted by molar-refractivity contribution is -0.129. The quantitative estimate of drug-likeness (QED) is 0.365. The van der Waals surface area contributed by atoms with Crippen molar-refractivity contribution in [2.75, 3.05) is 6.61 Å². The van der Waals surface area contributed by atoms with Gasteiger partial charge in [0.15, 0.2) is 6.10 Å². The van der Waals surface area contributed by atoms with Gasteiger partial charge in [-0.15, -0.1) is 0 Å². The monoisotopic (exact) mass is 392 g/mol. The van der Waals surface area contributed by atoms with Gasteiger partial charge in [0, 0.05) is 5.56 Å². The fraction of sp³-hybridized carbons (Fsp3) is 0.136. The van der Waals surface area contributed by atoms with Gasteiger partial charge in [0.25, 0.3) is 5.91 Å². The maximum atomic E-state index is 12.0. The predicted molar refractivity (Wildman–Crippen MR) is 107 cm³/mol. The number of aliphatic hydroxyl groups is 1. The average molecular weight is 392 g/mol. The Balaban J connectivity index is 1.60. The van der Waals surface area contributed by atoms with Gasteiger partial charge in [0.2, 0.25) is 0 Å². The molecule has 29 heavy (non-hydrogen) atoms. The molecule has 1 unspecified atom stereocenters. The van der Waals surface area contributed by atoms with Crippen molar-refractivity contribution in [1.82, 2.24) is 5.43 Å². The molecule has 0 saturated heterocycles. The Hall–Kier alpha value is -3.71. The number of carbonyl (C=O) groups is 2. The topological polar surface area (TPSA) is 101 Å². The van der Waals surface area contributed by atoms with Crippen LogP contribution in [0, 0.1) is 0 Å². The molecule has 148 valence electrons. The predicted octanol–water partition coefficient (Wildman–Crippen LogP) is 3.31. The third kappa shape index (κ3) is 5.18. The van der Waals surface area contributed by atoms with E-state index in [1.54, 1.807) is 73.7 Å². The Kier molecular flexibility index (Phi) is 6.55. The molecule has 3 aromatic rings. The number of furan rings is 1. The molecule has 1 atom stereocenters. The number of hydrogen-bond donors (Lipinski definition) is 2. The second-order valence-corrected chi connectivity index (χ2v) is 6.05. The number of esters is 1. The highest BCUT2D eigenvalue weighted by atomic mass is 16.5. The van der Waals surface area contributed by atoms with E-state index < -0.39 is 12.0 Å². The first kappa shape index (κ1) is 20.0. The SMILES string of the molecule is CCOC(=O)c1ccc(-c2ccc(C=NNC(=O)C(O)c3ccccc3)o2)cc1. The number of hydrazone groups is 1. The number of benzene rings is 2. The Labute approximate surface area is 167 Å². The highest BCUT2D eigenvalue weighted by Gasteiger charge is 2.16. The Morgan fingerprint density at radius 2 is 1.83 bits per heavy atom. The van der Waals surface area contributed by atoms with Crippen LogP contribution in [0.4, 0.5) is 0 Å². The smallest absolute Gasteiger partial charge is 0.338 e. The van der Waals surface area contributed by atoms with Crippen molar-refractivity contribution in [3.8, 4) is 11.3 Å². The first-order chi connectivity index (χ1) is 14.1. The van der Waals surface area contributed by atoms with Gasteiger partial charge >= 0.3 is 5.97 Å². The Morgan fingerprint density at radius 1 is 1.10 bits per heavy atom. The van der Waals surface area contributed by atoms with Crippen molar-refractivity contribution in [3.05, 3.63) is 83.6 Å². The minimum absolute atomic E-state index is 0.320. The van der Waals surface area contributed by atoms with Crippen LogP contribution < -0.4 is 5.43 Å². The van der Waals surface area contributed by atoms with Crippen molar-refractivity contribution in [2.24, 2.45) is 5.10 Å². The molecule has 0 radical (unpaired) electrons. The molecule has 0 aliphatic rings. The van der Waals surface area contributed by atoms with Crippen molar-refractivity contribution in [2.45, 2.75) is 13.0 Å². The van der Waals surface area contributed by atoms with Crippen molar-refractivity contribution < 1.29 is 23.8 Å². The van der Waals surface area contributed by atoms with Gasteiger partial charge in [-0.05, 0) is 36.8 Å². The summed E-state index contributed by atoms with van der Waals surface area (Å²) in [6.07, 6.45) is 0.0324. The van der Waals surface area contributed by atoms with E-state index in [1.807, 2.05) is 0 Å². The molecule has 0 aliphatic carbocycles. The van der Waals surface area contributed by atoms with Crippen LogP contribution in [0.25, 0.3) is 11.3 Å². The number of amides is 1. The summed E-state index contributed by atoms with van der Waals surface area (Å²) in [5.74, 6) is -0.0185. The lowest BCUT2D eigenvalue weighted by atomic mass is 10.1. The number of carbonyl (C=O) groups excluding carboxylic acids is 2. The molecule has 7 nitrogen and oxygen atoms in total. The lowest BCUT2D eigenvalue weighted by Crippen LogP contribution is -2.25. The van der Waals surface area contributed by atoms with E-state index >= 15 is 0 Å². The minimum Gasteiger partial charge on any atom is -0.462 e. The van der Waals surface area contributed by atoms with Crippen molar-refractivity contribution in [3.63, 3.8) is 0 Å². The van der Waals surface area contributed by atoms with E-state index in [0.717, 1.165) is 5.56 Å². The van der Waals surface area contributed by atoms with Crippen molar-refractivity contribution >= 4 is 18.1 Å². The molecule has 1 heterocycles. The summed E-state index contributed by atoms with van der Waals surface area (Å²) in [7, 11) is 0. The molecule has 1 amide bonds. The zero-order valence-corrected chi connectivity index (χ0v) is 15.7.